The van der Waals surface area contributed by atoms with Gasteiger partial charge in [0.05, 0.1) is 6.04 Å². The molecule has 0 fully saturated rings. The molecule has 1 aromatic carbocycles. The molecule has 0 radical (unpaired) electrons. The molecule has 0 bridgehead atoms. The summed E-state index contributed by atoms with van der Waals surface area (Å²) in [6.45, 7) is 6.33. The minimum Gasteiger partial charge on any atom is -0.304 e. The van der Waals surface area contributed by atoms with Crippen LogP contribution in [0.25, 0.3) is 0 Å². The molecule has 2 heteroatoms. The number of aryl methyl sites for hydroxylation is 1. The van der Waals surface area contributed by atoms with Crippen molar-refractivity contribution in [2.45, 2.75) is 33.4 Å². The number of hydrogen-bond donors (Lipinski definition) is 1. The van der Waals surface area contributed by atoms with Crippen LogP contribution in [0.5, 0.6) is 0 Å². The van der Waals surface area contributed by atoms with Gasteiger partial charge in [-0.3, -0.25) is 4.79 Å². The molecule has 14 heavy (non-hydrogen) atoms. The topological polar surface area (TPSA) is 29.1 Å². The second kappa shape index (κ2) is 4.91. The van der Waals surface area contributed by atoms with E-state index in [-0.39, 0.29) is 11.8 Å². The number of hydrogen-bond acceptors (Lipinski definition) is 2. The second-order valence-corrected chi connectivity index (χ2v) is 3.64. The van der Waals surface area contributed by atoms with E-state index in [1.54, 1.807) is 6.92 Å². The third-order valence-electron chi connectivity index (χ3n) is 2.47. The van der Waals surface area contributed by atoms with Gasteiger partial charge in [-0.05, 0) is 31.9 Å². The molecular formula is C12H17NO. The molecule has 1 N–H and O–H groups in total. The summed E-state index contributed by atoms with van der Waals surface area (Å²) in [7, 11) is 0. The Labute approximate surface area is 85.3 Å². The van der Waals surface area contributed by atoms with Gasteiger partial charge < -0.3 is 5.32 Å². The van der Waals surface area contributed by atoms with Crippen LogP contribution in [-0.2, 0) is 11.3 Å². The first-order valence-corrected chi connectivity index (χ1v) is 4.89. The van der Waals surface area contributed by atoms with Gasteiger partial charge >= 0.3 is 0 Å². The zero-order valence-corrected chi connectivity index (χ0v) is 9.00. The van der Waals surface area contributed by atoms with Crippen molar-refractivity contribution in [3.05, 3.63) is 35.4 Å². The highest BCUT2D eigenvalue weighted by molar-refractivity contribution is 5.80. The van der Waals surface area contributed by atoms with Crippen LogP contribution < -0.4 is 5.32 Å². The Morgan fingerprint density at radius 1 is 1.43 bits per heavy atom. The van der Waals surface area contributed by atoms with Crippen LogP contribution in [0.4, 0.5) is 0 Å². The Kier molecular flexibility index (Phi) is 3.84. The molecule has 0 aromatic heterocycles. The molecule has 76 valence electrons. The van der Waals surface area contributed by atoms with Crippen LogP contribution in [-0.4, -0.2) is 11.8 Å². The largest absolute Gasteiger partial charge is 0.304 e. The normalized spacial score (nSPS) is 12.5. The molecule has 0 aliphatic carbocycles. The highest BCUT2D eigenvalue weighted by Crippen LogP contribution is 2.06. The van der Waals surface area contributed by atoms with Crippen molar-refractivity contribution in [1.82, 2.24) is 5.32 Å². The summed E-state index contributed by atoms with van der Waals surface area (Å²) in [5.41, 5.74) is 2.51. The van der Waals surface area contributed by atoms with Gasteiger partial charge in [0.2, 0.25) is 0 Å². The number of carbonyl (C=O) groups is 1. The monoisotopic (exact) mass is 191 g/mol. The van der Waals surface area contributed by atoms with Gasteiger partial charge in [-0.25, -0.2) is 0 Å². The average Bonchev–Trinajstić information content (AvgIpc) is 2.16. The van der Waals surface area contributed by atoms with Gasteiger partial charge in [-0.15, -0.1) is 0 Å². The smallest absolute Gasteiger partial charge is 0.146 e. The highest BCUT2D eigenvalue weighted by atomic mass is 16.1. The van der Waals surface area contributed by atoms with Crippen molar-refractivity contribution in [2.24, 2.45) is 0 Å². The predicted molar refractivity (Wildman–Crippen MR) is 58.2 cm³/mol. The van der Waals surface area contributed by atoms with E-state index < -0.39 is 0 Å². The van der Waals surface area contributed by atoms with Crippen molar-refractivity contribution in [3.63, 3.8) is 0 Å². The number of nitrogens with one attached hydrogen (secondary N) is 1. The lowest BCUT2D eigenvalue weighted by molar-refractivity contribution is -0.118. The third-order valence-corrected chi connectivity index (χ3v) is 2.47. The zero-order chi connectivity index (χ0) is 10.6. The van der Waals surface area contributed by atoms with E-state index in [1.807, 2.05) is 19.1 Å². The van der Waals surface area contributed by atoms with Gasteiger partial charge in [0, 0.05) is 6.54 Å². The summed E-state index contributed by atoms with van der Waals surface area (Å²) in [4.78, 5) is 11.0. The maximum absolute atomic E-state index is 11.0. The molecular weight excluding hydrogens is 174 g/mol. The summed E-state index contributed by atoms with van der Waals surface area (Å²) in [6, 6.07) is 8.13. The lowest BCUT2D eigenvalue weighted by atomic mass is 10.1. The van der Waals surface area contributed by atoms with Gasteiger partial charge in [0.25, 0.3) is 0 Å². The maximum atomic E-state index is 11.0. The van der Waals surface area contributed by atoms with Crippen molar-refractivity contribution in [1.29, 1.82) is 0 Å². The highest BCUT2D eigenvalue weighted by Gasteiger charge is 2.06. The summed E-state index contributed by atoms with van der Waals surface area (Å²) in [5.74, 6) is 0.179. The van der Waals surface area contributed by atoms with E-state index >= 15 is 0 Å². The van der Waals surface area contributed by atoms with Crippen LogP contribution in [0, 0.1) is 6.92 Å². The minimum atomic E-state index is -0.0605. The Balaban J connectivity index is 2.54. The van der Waals surface area contributed by atoms with E-state index in [2.05, 4.69) is 24.4 Å². The number of ketones is 1. The Bertz CT molecular complexity index is 320. The fourth-order valence-electron chi connectivity index (χ4n) is 1.22. The van der Waals surface area contributed by atoms with Gasteiger partial charge in [-0.1, -0.05) is 24.3 Å². The van der Waals surface area contributed by atoms with E-state index in [9.17, 15) is 4.79 Å². The lowest BCUT2D eigenvalue weighted by Crippen LogP contribution is -2.31. The molecule has 0 unspecified atom stereocenters. The first-order chi connectivity index (χ1) is 6.61. The van der Waals surface area contributed by atoms with Crippen LogP contribution in [0.15, 0.2) is 24.3 Å². The van der Waals surface area contributed by atoms with Crippen LogP contribution in [0.1, 0.15) is 25.0 Å². The molecule has 0 amide bonds. The number of rotatable bonds is 4. The van der Waals surface area contributed by atoms with Crippen LogP contribution in [0.3, 0.4) is 0 Å². The van der Waals surface area contributed by atoms with E-state index in [0.29, 0.717) is 0 Å². The fraction of sp³-hybridized carbons (Fsp3) is 0.417. The predicted octanol–water partition coefficient (Wildman–Crippen LogP) is 2.06. The number of carbonyl (C=O) groups excluding carboxylic acids is 1. The minimum absolute atomic E-state index is 0.0605. The maximum Gasteiger partial charge on any atom is 0.146 e. The van der Waals surface area contributed by atoms with Gasteiger partial charge in [0.15, 0.2) is 0 Å². The molecule has 0 aliphatic heterocycles. The summed E-state index contributed by atoms with van der Waals surface area (Å²) in [6.07, 6.45) is 0. The van der Waals surface area contributed by atoms with Crippen molar-refractivity contribution in [3.8, 4) is 0 Å². The lowest BCUT2D eigenvalue weighted by Gasteiger charge is -2.11. The van der Waals surface area contributed by atoms with E-state index in [0.717, 1.165) is 6.54 Å². The van der Waals surface area contributed by atoms with Crippen molar-refractivity contribution in [2.75, 3.05) is 0 Å². The molecule has 1 atom stereocenters. The van der Waals surface area contributed by atoms with Gasteiger partial charge in [-0.2, -0.15) is 0 Å². The first kappa shape index (κ1) is 10.9. The van der Waals surface area contributed by atoms with Crippen molar-refractivity contribution >= 4 is 5.78 Å². The molecule has 0 heterocycles. The molecule has 0 spiro atoms. The third kappa shape index (κ3) is 2.96. The SMILES string of the molecule is CC(=O)[C@H](C)NCc1ccccc1C. The molecule has 2 nitrogen and oxygen atoms in total. The Morgan fingerprint density at radius 3 is 2.64 bits per heavy atom. The molecule has 0 saturated heterocycles. The summed E-state index contributed by atoms with van der Waals surface area (Å²) in [5, 5.41) is 3.19. The van der Waals surface area contributed by atoms with Crippen LogP contribution in [0.2, 0.25) is 0 Å². The fourth-order valence-corrected chi connectivity index (χ4v) is 1.22. The van der Waals surface area contributed by atoms with E-state index in [1.165, 1.54) is 11.1 Å². The summed E-state index contributed by atoms with van der Waals surface area (Å²) >= 11 is 0. The van der Waals surface area contributed by atoms with Crippen molar-refractivity contribution < 1.29 is 4.79 Å². The molecule has 0 saturated carbocycles. The zero-order valence-electron chi connectivity index (χ0n) is 9.00. The number of Topliss-reactive ketones (excluding diaryl/α,β-unsaturated/α-hetero) is 1. The average molecular weight is 191 g/mol. The molecule has 1 aromatic rings. The van der Waals surface area contributed by atoms with Gasteiger partial charge in [0.1, 0.15) is 5.78 Å². The standard InChI is InChI=1S/C12H17NO/c1-9-6-4-5-7-12(9)8-13-10(2)11(3)14/h4-7,10,13H,8H2,1-3H3/t10-/m0/s1. The van der Waals surface area contributed by atoms with Crippen LogP contribution >= 0.6 is 0 Å². The Morgan fingerprint density at radius 2 is 2.07 bits per heavy atom. The Hall–Kier alpha value is -1.15. The van der Waals surface area contributed by atoms with E-state index in [4.69, 9.17) is 0 Å². The summed E-state index contributed by atoms with van der Waals surface area (Å²) < 4.78 is 0. The quantitative estimate of drug-likeness (QED) is 0.789. The molecule has 0 aliphatic rings. The second-order valence-electron chi connectivity index (χ2n) is 3.64. The first-order valence-electron chi connectivity index (χ1n) is 4.89. The number of benzene rings is 1. The molecule has 1 rings (SSSR count).